The van der Waals surface area contributed by atoms with Crippen LogP contribution in [0.3, 0.4) is 0 Å². The van der Waals surface area contributed by atoms with Crippen LogP contribution in [-0.2, 0) is 16.1 Å². The van der Waals surface area contributed by atoms with E-state index >= 15 is 0 Å². The lowest BCUT2D eigenvalue weighted by atomic mass is 10.1. The molecule has 0 aliphatic carbocycles. The SMILES string of the molecule is CCCC(=O)N(Cc1ccc(F)cc1)[C@H](CC)C(=O)NCC. The van der Waals surface area contributed by atoms with Crippen molar-refractivity contribution in [1.29, 1.82) is 0 Å². The summed E-state index contributed by atoms with van der Waals surface area (Å²) in [6.45, 7) is 6.51. The molecule has 4 nitrogen and oxygen atoms in total. The first-order valence-electron chi connectivity index (χ1n) is 7.85. The van der Waals surface area contributed by atoms with E-state index in [9.17, 15) is 14.0 Å². The first-order valence-corrected chi connectivity index (χ1v) is 7.85. The van der Waals surface area contributed by atoms with Gasteiger partial charge in [0.05, 0.1) is 0 Å². The van der Waals surface area contributed by atoms with Crippen LogP contribution < -0.4 is 5.32 Å². The molecule has 0 bridgehead atoms. The highest BCUT2D eigenvalue weighted by molar-refractivity contribution is 5.87. The Morgan fingerprint density at radius 1 is 1.18 bits per heavy atom. The summed E-state index contributed by atoms with van der Waals surface area (Å²) in [4.78, 5) is 26.2. The Bertz CT molecular complexity index is 488. The zero-order valence-corrected chi connectivity index (χ0v) is 13.6. The normalized spacial score (nSPS) is 11.8. The van der Waals surface area contributed by atoms with Crippen molar-refractivity contribution >= 4 is 11.8 Å². The van der Waals surface area contributed by atoms with Crippen LogP contribution in [0.15, 0.2) is 24.3 Å². The largest absolute Gasteiger partial charge is 0.355 e. The maximum Gasteiger partial charge on any atom is 0.242 e. The van der Waals surface area contributed by atoms with Crippen LogP contribution in [0.1, 0.15) is 45.6 Å². The van der Waals surface area contributed by atoms with Crippen molar-refractivity contribution < 1.29 is 14.0 Å². The quantitative estimate of drug-likeness (QED) is 0.803. The standard InChI is InChI=1S/C17H25FN2O2/c1-4-7-16(21)20(15(5-2)17(22)19-6-3)12-13-8-10-14(18)11-9-13/h8-11,15H,4-7,12H2,1-3H3,(H,19,22)/t15-/m1/s1. The highest BCUT2D eigenvalue weighted by atomic mass is 19.1. The number of hydrogen-bond donors (Lipinski definition) is 1. The average Bonchev–Trinajstić information content (AvgIpc) is 2.49. The summed E-state index contributed by atoms with van der Waals surface area (Å²) in [5.74, 6) is -0.507. The number of carbonyl (C=O) groups is 2. The first kappa shape index (κ1) is 18.1. The van der Waals surface area contributed by atoms with Crippen molar-refractivity contribution in [1.82, 2.24) is 10.2 Å². The number of hydrogen-bond acceptors (Lipinski definition) is 2. The number of nitrogens with zero attached hydrogens (tertiary/aromatic N) is 1. The molecule has 1 rings (SSSR count). The lowest BCUT2D eigenvalue weighted by Gasteiger charge is -2.30. The van der Waals surface area contributed by atoms with Gasteiger partial charge >= 0.3 is 0 Å². The van der Waals surface area contributed by atoms with Gasteiger partial charge in [0.1, 0.15) is 11.9 Å². The second-order valence-corrected chi connectivity index (χ2v) is 5.22. The average molecular weight is 308 g/mol. The molecule has 0 saturated heterocycles. The Labute approximate surface area is 131 Å². The Balaban J connectivity index is 2.97. The third-order valence-corrected chi connectivity index (χ3v) is 3.47. The zero-order chi connectivity index (χ0) is 16.5. The summed E-state index contributed by atoms with van der Waals surface area (Å²) in [6.07, 6.45) is 1.67. The van der Waals surface area contributed by atoms with Gasteiger partial charge in [-0.15, -0.1) is 0 Å². The highest BCUT2D eigenvalue weighted by Crippen LogP contribution is 2.14. The number of carbonyl (C=O) groups excluding carboxylic acids is 2. The number of amides is 2. The fourth-order valence-electron chi connectivity index (χ4n) is 2.36. The molecule has 0 heterocycles. The number of nitrogens with one attached hydrogen (secondary N) is 1. The van der Waals surface area contributed by atoms with Gasteiger partial charge in [0.25, 0.3) is 0 Å². The summed E-state index contributed by atoms with van der Waals surface area (Å²) >= 11 is 0. The second kappa shape index (κ2) is 9.18. The van der Waals surface area contributed by atoms with Crippen LogP contribution in [0.5, 0.6) is 0 Å². The van der Waals surface area contributed by atoms with Crippen LogP contribution in [0.2, 0.25) is 0 Å². The van der Waals surface area contributed by atoms with Gasteiger partial charge < -0.3 is 10.2 Å². The highest BCUT2D eigenvalue weighted by Gasteiger charge is 2.27. The Morgan fingerprint density at radius 3 is 2.32 bits per heavy atom. The molecule has 1 atom stereocenters. The van der Waals surface area contributed by atoms with E-state index in [-0.39, 0.29) is 17.6 Å². The predicted octanol–water partition coefficient (Wildman–Crippen LogP) is 2.87. The van der Waals surface area contributed by atoms with E-state index in [0.29, 0.717) is 25.9 Å². The molecule has 22 heavy (non-hydrogen) atoms. The fourth-order valence-corrected chi connectivity index (χ4v) is 2.36. The maximum atomic E-state index is 13.0. The van der Waals surface area contributed by atoms with Crippen LogP contribution in [-0.4, -0.2) is 29.3 Å². The van der Waals surface area contributed by atoms with Crippen molar-refractivity contribution in [2.45, 2.75) is 52.6 Å². The van der Waals surface area contributed by atoms with Gasteiger partial charge in [-0.25, -0.2) is 4.39 Å². The van der Waals surface area contributed by atoms with Crippen molar-refractivity contribution in [3.05, 3.63) is 35.6 Å². The minimum atomic E-state index is -0.496. The van der Waals surface area contributed by atoms with Gasteiger partial charge in [-0.05, 0) is 37.5 Å². The minimum absolute atomic E-state index is 0.0510. The number of rotatable bonds is 8. The molecule has 0 unspecified atom stereocenters. The Morgan fingerprint density at radius 2 is 1.82 bits per heavy atom. The topological polar surface area (TPSA) is 49.4 Å². The first-order chi connectivity index (χ1) is 10.5. The van der Waals surface area contributed by atoms with Gasteiger partial charge in [0.15, 0.2) is 0 Å². The maximum absolute atomic E-state index is 13.0. The predicted molar refractivity (Wildman–Crippen MR) is 84.6 cm³/mol. The van der Waals surface area contributed by atoms with Crippen LogP contribution >= 0.6 is 0 Å². The molecule has 0 aromatic heterocycles. The molecule has 0 fully saturated rings. The molecule has 0 aliphatic rings. The van der Waals surface area contributed by atoms with Crippen LogP contribution in [0, 0.1) is 5.82 Å². The summed E-state index contributed by atoms with van der Waals surface area (Å²) in [5, 5.41) is 2.78. The molecular formula is C17H25FN2O2. The molecule has 1 aromatic carbocycles. The van der Waals surface area contributed by atoms with Crippen molar-refractivity contribution in [3.8, 4) is 0 Å². The molecule has 5 heteroatoms. The van der Waals surface area contributed by atoms with Crippen LogP contribution in [0.25, 0.3) is 0 Å². The lowest BCUT2D eigenvalue weighted by molar-refractivity contribution is -0.141. The van der Waals surface area contributed by atoms with Gasteiger partial charge in [-0.3, -0.25) is 9.59 Å². The van der Waals surface area contributed by atoms with Gasteiger partial charge in [0.2, 0.25) is 11.8 Å². The molecule has 1 N–H and O–H groups in total. The van der Waals surface area contributed by atoms with Crippen molar-refractivity contribution in [2.24, 2.45) is 0 Å². The summed E-state index contributed by atoms with van der Waals surface area (Å²) in [5.41, 5.74) is 0.814. The number of halogens is 1. The number of benzene rings is 1. The molecule has 0 spiro atoms. The van der Waals surface area contributed by atoms with E-state index in [0.717, 1.165) is 12.0 Å². The van der Waals surface area contributed by atoms with E-state index in [2.05, 4.69) is 5.32 Å². The third-order valence-electron chi connectivity index (χ3n) is 3.47. The van der Waals surface area contributed by atoms with E-state index in [4.69, 9.17) is 0 Å². The molecule has 122 valence electrons. The summed E-state index contributed by atoms with van der Waals surface area (Å²) in [6, 6.07) is 5.53. The van der Waals surface area contributed by atoms with E-state index in [1.165, 1.54) is 12.1 Å². The fraction of sp³-hybridized carbons (Fsp3) is 0.529. The molecule has 1 aromatic rings. The minimum Gasteiger partial charge on any atom is -0.355 e. The Hall–Kier alpha value is -1.91. The second-order valence-electron chi connectivity index (χ2n) is 5.22. The van der Waals surface area contributed by atoms with Gasteiger partial charge in [0, 0.05) is 19.5 Å². The smallest absolute Gasteiger partial charge is 0.242 e. The van der Waals surface area contributed by atoms with Crippen LogP contribution in [0.4, 0.5) is 4.39 Å². The Kier molecular flexibility index (Phi) is 7.57. The van der Waals surface area contributed by atoms with Crippen molar-refractivity contribution in [2.75, 3.05) is 6.54 Å². The molecule has 0 radical (unpaired) electrons. The molecule has 2 amide bonds. The van der Waals surface area contributed by atoms with E-state index in [1.54, 1.807) is 17.0 Å². The van der Waals surface area contributed by atoms with E-state index < -0.39 is 6.04 Å². The van der Waals surface area contributed by atoms with E-state index in [1.807, 2.05) is 20.8 Å². The summed E-state index contributed by atoms with van der Waals surface area (Å²) < 4.78 is 13.0. The number of likely N-dealkylation sites (N-methyl/N-ethyl adjacent to an activating group) is 1. The zero-order valence-electron chi connectivity index (χ0n) is 13.6. The molecular weight excluding hydrogens is 283 g/mol. The van der Waals surface area contributed by atoms with Crippen molar-refractivity contribution in [3.63, 3.8) is 0 Å². The summed E-state index contributed by atoms with van der Waals surface area (Å²) in [7, 11) is 0. The molecule has 0 saturated carbocycles. The monoisotopic (exact) mass is 308 g/mol. The van der Waals surface area contributed by atoms with Gasteiger partial charge in [-0.2, -0.15) is 0 Å². The van der Waals surface area contributed by atoms with Gasteiger partial charge in [-0.1, -0.05) is 26.0 Å². The lowest BCUT2D eigenvalue weighted by Crippen LogP contribution is -2.48. The molecule has 0 aliphatic heterocycles. The third kappa shape index (κ3) is 5.13.